The first-order valence-corrected chi connectivity index (χ1v) is 10.8. The number of hydrogen-bond acceptors (Lipinski definition) is 5. The number of rotatable bonds is 7. The van der Waals surface area contributed by atoms with E-state index in [1.54, 1.807) is 37.5 Å². The zero-order valence-corrected chi connectivity index (χ0v) is 19.1. The van der Waals surface area contributed by atoms with Crippen LogP contribution in [0.3, 0.4) is 0 Å². The summed E-state index contributed by atoms with van der Waals surface area (Å²) >= 11 is 4.77. The van der Waals surface area contributed by atoms with Gasteiger partial charge >= 0.3 is 5.57 Å². The number of anilines is 1. The van der Waals surface area contributed by atoms with E-state index in [0.29, 0.717) is 29.1 Å². The minimum absolute atomic E-state index is 0.144. The number of pyridine rings is 1. The summed E-state index contributed by atoms with van der Waals surface area (Å²) in [5, 5.41) is 13.0. The van der Waals surface area contributed by atoms with Gasteiger partial charge in [0.25, 0.3) is 5.91 Å². The SMILES string of the molecule is CCn1c([C@H](C)O)nc2cc(C(=O)Nc3ccc(OC(F)(F)Cl)cc3)cc(-c3cccnc3)c21. The maximum Gasteiger partial charge on any atom is 0.487 e. The van der Waals surface area contributed by atoms with Crippen molar-refractivity contribution in [2.75, 3.05) is 5.32 Å². The molecule has 0 spiro atoms. The number of nitrogens with one attached hydrogen (secondary N) is 1. The second-order valence-electron chi connectivity index (χ2n) is 7.55. The van der Waals surface area contributed by atoms with Gasteiger partial charge in [-0.05, 0) is 56.3 Å². The van der Waals surface area contributed by atoms with Gasteiger partial charge in [0, 0.05) is 52.9 Å². The normalized spacial score (nSPS) is 12.5. The molecular weight excluding hydrogens is 466 g/mol. The first-order chi connectivity index (χ1) is 16.2. The molecule has 34 heavy (non-hydrogen) atoms. The number of aromatic nitrogens is 3. The largest absolute Gasteiger partial charge is 0.487 e. The summed E-state index contributed by atoms with van der Waals surface area (Å²) in [6, 6.07) is 12.4. The van der Waals surface area contributed by atoms with E-state index in [2.05, 4.69) is 20.0 Å². The fraction of sp³-hybridized carbons (Fsp3) is 0.208. The predicted molar refractivity (Wildman–Crippen MR) is 125 cm³/mol. The van der Waals surface area contributed by atoms with Crippen molar-refractivity contribution < 1.29 is 23.4 Å². The van der Waals surface area contributed by atoms with Gasteiger partial charge in [-0.2, -0.15) is 0 Å². The average Bonchev–Trinajstić information content (AvgIpc) is 3.18. The number of imidazole rings is 1. The maximum absolute atomic E-state index is 13.1. The van der Waals surface area contributed by atoms with Crippen LogP contribution < -0.4 is 10.1 Å². The molecule has 4 aromatic rings. The summed E-state index contributed by atoms with van der Waals surface area (Å²) < 4.78 is 31.8. The van der Waals surface area contributed by atoms with Crippen molar-refractivity contribution in [2.45, 2.75) is 32.1 Å². The number of halogens is 3. The molecule has 0 radical (unpaired) electrons. The predicted octanol–water partition coefficient (Wildman–Crippen LogP) is 5.59. The summed E-state index contributed by atoms with van der Waals surface area (Å²) in [5.74, 6) is -0.0750. The van der Waals surface area contributed by atoms with E-state index in [-0.39, 0.29) is 5.75 Å². The monoisotopic (exact) mass is 486 g/mol. The third-order valence-electron chi connectivity index (χ3n) is 5.14. The molecule has 0 fully saturated rings. The standard InChI is InChI=1S/C24H21ClF2N4O3/c1-3-31-21-19(15-5-4-10-28-13-15)11-16(12-20(21)30-22(31)14(2)32)23(33)29-17-6-8-18(9-7-17)34-24(25,26)27/h4-14,32H,3H2,1-2H3,(H,29,33)/t14-/m0/s1. The highest BCUT2D eigenvalue weighted by atomic mass is 35.5. The fourth-order valence-electron chi connectivity index (χ4n) is 3.74. The molecule has 2 N–H and O–H groups in total. The number of ether oxygens (including phenoxy) is 1. The molecule has 4 rings (SSSR count). The van der Waals surface area contributed by atoms with Crippen LogP contribution in [0.2, 0.25) is 0 Å². The fourth-order valence-corrected chi connectivity index (χ4v) is 3.83. The van der Waals surface area contributed by atoms with Crippen molar-refractivity contribution in [1.29, 1.82) is 0 Å². The molecule has 176 valence electrons. The summed E-state index contributed by atoms with van der Waals surface area (Å²) in [5.41, 5.74) is -0.249. The second kappa shape index (κ2) is 9.36. The zero-order valence-electron chi connectivity index (χ0n) is 18.3. The van der Waals surface area contributed by atoms with Crippen LogP contribution in [0.1, 0.15) is 36.1 Å². The van der Waals surface area contributed by atoms with E-state index in [1.807, 2.05) is 17.6 Å². The molecule has 2 heterocycles. The van der Waals surface area contributed by atoms with E-state index in [9.17, 15) is 18.7 Å². The Morgan fingerprint density at radius 1 is 1.26 bits per heavy atom. The van der Waals surface area contributed by atoms with E-state index < -0.39 is 17.6 Å². The molecule has 1 amide bonds. The highest BCUT2D eigenvalue weighted by Crippen LogP contribution is 2.33. The van der Waals surface area contributed by atoms with Gasteiger partial charge in [-0.3, -0.25) is 9.78 Å². The van der Waals surface area contributed by atoms with Gasteiger partial charge in [0.15, 0.2) is 0 Å². The van der Waals surface area contributed by atoms with Gasteiger partial charge in [-0.25, -0.2) is 4.98 Å². The molecule has 0 saturated carbocycles. The first kappa shape index (κ1) is 23.6. The van der Waals surface area contributed by atoms with E-state index in [4.69, 9.17) is 11.6 Å². The number of amides is 1. The van der Waals surface area contributed by atoms with Crippen molar-refractivity contribution in [2.24, 2.45) is 0 Å². The molecule has 2 aromatic heterocycles. The molecule has 0 saturated heterocycles. The highest BCUT2D eigenvalue weighted by Gasteiger charge is 2.27. The number of aryl methyl sites for hydroxylation is 1. The lowest BCUT2D eigenvalue weighted by atomic mass is 10.0. The Morgan fingerprint density at radius 3 is 2.59 bits per heavy atom. The zero-order chi connectivity index (χ0) is 24.5. The Kier molecular flexibility index (Phi) is 6.49. The van der Waals surface area contributed by atoms with Crippen molar-refractivity contribution in [3.63, 3.8) is 0 Å². The third kappa shape index (κ3) is 5.00. The van der Waals surface area contributed by atoms with Crippen LogP contribution in [0.4, 0.5) is 14.5 Å². The number of fused-ring (bicyclic) bond motifs is 1. The molecule has 0 aliphatic rings. The molecule has 1 atom stereocenters. The quantitative estimate of drug-likeness (QED) is 0.332. The number of aliphatic hydroxyl groups is 1. The summed E-state index contributed by atoms with van der Waals surface area (Å²) in [4.78, 5) is 21.8. The Morgan fingerprint density at radius 2 is 2.00 bits per heavy atom. The number of hydrogen-bond donors (Lipinski definition) is 2. The lowest BCUT2D eigenvalue weighted by Crippen LogP contribution is -2.16. The minimum atomic E-state index is -3.82. The van der Waals surface area contributed by atoms with Crippen LogP contribution in [-0.4, -0.2) is 31.1 Å². The lowest BCUT2D eigenvalue weighted by Gasteiger charge is -2.13. The lowest BCUT2D eigenvalue weighted by molar-refractivity contribution is -0.0964. The smallest absolute Gasteiger partial charge is 0.420 e. The number of aliphatic hydroxyl groups excluding tert-OH is 1. The maximum atomic E-state index is 13.1. The van der Waals surface area contributed by atoms with Gasteiger partial charge in [-0.1, -0.05) is 6.07 Å². The molecule has 10 heteroatoms. The van der Waals surface area contributed by atoms with Gasteiger partial charge < -0.3 is 19.7 Å². The Balaban J connectivity index is 1.73. The van der Waals surface area contributed by atoms with Crippen LogP contribution in [0.5, 0.6) is 5.75 Å². The summed E-state index contributed by atoms with van der Waals surface area (Å²) in [7, 11) is 0. The van der Waals surface area contributed by atoms with E-state index in [1.165, 1.54) is 24.3 Å². The van der Waals surface area contributed by atoms with Crippen molar-refractivity contribution in [3.8, 4) is 16.9 Å². The van der Waals surface area contributed by atoms with Crippen LogP contribution in [-0.2, 0) is 6.54 Å². The van der Waals surface area contributed by atoms with E-state index in [0.717, 1.165) is 16.6 Å². The third-order valence-corrected chi connectivity index (χ3v) is 5.22. The number of carbonyl (C=O) groups is 1. The Bertz CT molecular complexity index is 1320. The molecule has 0 unspecified atom stereocenters. The van der Waals surface area contributed by atoms with Gasteiger partial charge in [0.05, 0.1) is 11.0 Å². The Labute approximate surface area is 199 Å². The van der Waals surface area contributed by atoms with Crippen LogP contribution in [0.25, 0.3) is 22.2 Å². The van der Waals surface area contributed by atoms with Crippen molar-refractivity contribution in [3.05, 3.63) is 72.3 Å². The highest BCUT2D eigenvalue weighted by molar-refractivity contribution is 6.20. The Hall–Kier alpha value is -3.56. The van der Waals surface area contributed by atoms with Gasteiger partial charge in [0.1, 0.15) is 17.7 Å². The van der Waals surface area contributed by atoms with Crippen molar-refractivity contribution >= 4 is 34.2 Å². The van der Waals surface area contributed by atoms with Crippen LogP contribution in [0, 0.1) is 0 Å². The number of nitrogens with zero attached hydrogens (tertiary/aromatic N) is 3. The van der Waals surface area contributed by atoms with E-state index >= 15 is 0 Å². The topological polar surface area (TPSA) is 89.3 Å². The molecule has 0 aliphatic carbocycles. The molecule has 0 bridgehead atoms. The number of benzene rings is 2. The summed E-state index contributed by atoms with van der Waals surface area (Å²) in [6.45, 7) is 4.16. The van der Waals surface area contributed by atoms with Gasteiger partial charge in [-0.15, -0.1) is 8.78 Å². The second-order valence-corrected chi connectivity index (χ2v) is 7.99. The molecular formula is C24H21ClF2N4O3. The van der Waals surface area contributed by atoms with Crippen LogP contribution >= 0.6 is 11.6 Å². The minimum Gasteiger partial charge on any atom is -0.420 e. The molecule has 7 nitrogen and oxygen atoms in total. The first-order valence-electron chi connectivity index (χ1n) is 10.5. The number of carbonyl (C=O) groups excluding carboxylic acids is 1. The average molecular weight is 487 g/mol. The molecule has 0 aliphatic heterocycles. The van der Waals surface area contributed by atoms with Crippen molar-refractivity contribution in [1.82, 2.24) is 14.5 Å². The molecule has 2 aromatic carbocycles. The van der Waals surface area contributed by atoms with Crippen LogP contribution in [0.15, 0.2) is 60.9 Å². The number of alkyl halides is 3. The summed E-state index contributed by atoms with van der Waals surface area (Å²) in [6.07, 6.45) is 2.55. The van der Waals surface area contributed by atoms with Gasteiger partial charge in [0.2, 0.25) is 0 Å².